The minimum Gasteiger partial charge on any atom is -0.480 e. The fourth-order valence-corrected chi connectivity index (χ4v) is 8.33. The molecule has 0 aliphatic heterocycles. The summed E-state index contributed by atoms with van der Waals surface area (Å²) in [5, 5.41) is 8.93. The Hall–Kier alpha value is -2.96. The Kier molecular flexibility index (Phi) is 29.9. The Morgan fingerprint density at radius 3 is 1.57 bits per heavy atom. The second kappa shape index (κ2) is 33.5. The van der Waals surface area contributed by atoms with Crippen LogP contribution < -0.4 is 5.73 Å². The van der Waals surface area contributed by atoms with E-state index in [1.54, 1.807) is 0 Å². The van der Waals surface area contributed by atoms with Crippen LogP contribution in [0.25, 0.3) is 0 Å². The highest BCUT2D eigenvalue weighted by molar-refractivity contribution is 7.47. The number of aryl methyl sites for hydroxylation is 5. The van der Waals surface area contributed by atoms with Crippen molar-refractivity contribution in [2.45, 2.75) is 227 Å². The molecule has 4 N–H and O–H groups in total. The number of unbranched alkanes of at least 4 members (excludes halogenated alkanes) is 18. The minimum absolute atomic E-state index is 0.136. The van der Waals surface area contributed by atoms with Gasteiger partial charge in [0, 0.05) is 38.5 Å². The van der Waals surface area contributed by atoms with Crippen LogP contribution in [0.5, 0.6) is 0 Å². The molecule has 0 radical (unpaired) electrons. The molecule has 63 heavy (non-hydrogen) atoms. The third-order valence-corrected chi connectivity index (χ3v) is 12.7. The first-order valence-corrected chi connectivity index (χ1v) is 25.9. The summed E-state index contributed by atoms with van der Waals surface area (Å²) in [6.45, 7) is 9.18. The highest BCUT2D eigenvalue weighted by Gasteiger charge is 2.28. The number of phosphoric acid groups is 1. The van der Waals surface area contributed by atoms with E-state index >= 15 is 0 Å². The van der Waals surface area contributed by atoms with Crippen molar-refractivity contribution < 1.29 is 56.3 Å². The largest absolute Gasteiger partial charge is 0.480 e. The third-order valence-electron chi connectivity index (χ3n) is 11.7. The summed E-state index contributed by atoms with van der Waals surface area (Å²) >= 11 is 0. The van der Waals surface area contributed by atoms with Gasteiger partial charge in [-0.25, -0.2) is 4.57 Å². The summed E-state index contributed by atoms with van der Waals surface area (Å²) in [4.78, 5) is 46.3. The van der Waals surface area contributed by atoms with Crippen molar-refractivity contribution in [1.29, 1.82) is 0 Å². The highest BCUT2D eigenvalue weighted by atomic mass is 31.2. The summed E-state index contributed by atoms with van der Waals surface area (Å²) in [5.74, 6) is 2.11. The molecule has 2 rings (SSSR count). The Morgan fingerprint density at radius 1 is 0.603 bits per heavy atom. The number of carboxylic acids is 1. The maximum absolute atomic E-state index is 12.7. The molecule has 0 aromatic carbocycles. The smallest absolute Gasteiger partial charge is 0.472 e. The molecule has 0 saturated carbocycles. The van der Waals surface area contributed by atoms with Gasteiger partial charge in [-0.2, -0.15) is 0 Å². The number of hydrogen-bond donors (Lipinski definition) is 3. The van der Waals surface area contributed by atoms with Crippen molar-refractivity contribution in [2.24, 2.45) is 5.73 Å². The summed E-state index contributed by atoms with van der Waals surface area (Å²) < 4.78 is 45.2. The molecule has 14 heteroatoms. The standard InChI is InChI=1S/C49H84NO12P/c1-6-8-22-28-41-34-38(3)44(60-41)29-24-18-14-10-13-17-21-27-33-48(52)61-42(36-58-63(55,56)59-37-43(50)49(53)54)35-57-47(51)32-26-20-16-12-11-15-19-25-31-46-40(5)39(4)45(62-46)30-23-9-7-2/h34,42-43H,6-33,35-37,50H2,1-5H3,(H,53,54)(H,55,56). The van der Waals surface area contributed by atoms with Crippen molar-refractivity contribution in [3.8, 4) is 0 Å². The maximum atomic E-state index is 12.7. The molecule has 0 spiro atoms. The zero-order valence-corrected chi connectivity index (χ0v) is 40.5. The molecular weight excluding hydrogens is 826 g/mol. The van der Waals surface area contributed by atoms with E-state index in [4.69, 9.17) is 33.7 Å². The zero-order chi connectivity index (χ0) is 46.3. The van der Waals surface area contributed by atoms with Gasteiger partial charge in [-0.3, -0.25) is 23.4 Å². The number of carboxylic acid groups (broad SMARTS) is 1. The summed E-state index contributed by atoms with van der Waals surface area (Å²) in [6.07, 6.45) is 26.7. The van der Waals surface area contributed by atoms with E-state index in [1.165, 1.54) is 61.6 Å². The van der Waals surface area contributed by atoms with Gasteiger partial charge in [0.2, 0.25) is 0 Å². The van der Waals surface area contributed by atoms with Crippen LogP contribution >= 0.6 is 7.82 Å². The number of hydrogen-bond acceptors (Lipinski definition) is 11. The summed E-state index contributed by atoms with van der Waals surface area (Å²) in [5.41, 5.74) is 9.24. The predicted octanol–water partition coefficient (Wildman–Crippen LogP) is 12.1. The monoisotopic (exact) mass is 910 g/mol. The first kappa shape index (κ1) is 56.2. The minimum atomic E-state index is -4.74. The molecule has 2 heterocycles. The Labute approximate surface area is 378 Å². The topological polar surface area (TPSA) is 198 Å². The van der Waals surface area contributed by atoms with E-state index in [2.05, 4.69) is 45.2 Å². The second-order valence-corrected chi connectivity index (χ2v) is 18.8. The van der Waals surface area contributed by atoms with Crippen LogP contribution in [0.15, 0.2) is 14.9 Å². The summed E-state index contributed by atoms with van der Waals surface area (Å²) in [6, 6.07) is 0.658. The van der Waals surface area contributed by atoms with Crippen LogP contribution in [0.1, 0.15) is 208 Å². The van der Waals surface area contributed by atoms with Crippen LogP contribution in [0.2, 0.25) is 0 Å². The fourth-order valence-electron chi connectivity index (χ4n) is 7.55. The normalized spacial score (nSPS) is 13.5. The van der Waals surface area contributed by atoms with Gasteiger partial charge in [-0.1, -0.05) is 117 Å². The van der Waals surface area contributed by atoms with Crippen LogP contribution in [0.4, 0.5) is 0 Å². The molecule has 0 saturated heterocycles. The lowest BCUT2D eigenvalue weighted by Gasteiger charge is -2.20. The average Bonchev–Trinajstić information content (AvgIpc) is 3.74. The van der Waals surface area contributed by atoms with Crippen molar-refractivity contribution >= 4 is 25.7 Å². The average molecular weight is 910 g/mol. The van der Waals surface area contributed by atoms with Gasteiger partial charge in [0.1, 0.15) is 35.7 Å². The number of nitrogens with two attached hydrogens (primary N) is 1. The number of furan rings is 2. The molecule has 0 amide bonds. The van der Waals surface area contributed by atoms with Crippen molar-refractivity contribution in [3.05, 3.63) is 45.8 Å². The van der Waals surface area contributed by atoms with Crippen molar-refractivity contribution in [2.75, 3.05) is 19.8 Å². The van der Waals surface area contributed by atoms with Gasteiger partial charge in [0.05, 0.1) is 13.2 Å². The number of rotatable bonds is 40. The van der Waals surface area contributed by atoms with E-state index < -0.39 is 51.1 Å². The Bertz CT molecular complexity index is 1600. The lowest BCUT2D eigenvalue weighted by molar-refractivity contribution is -0.161. The molecule has 3 unspecified atom stereocenters. The van der Waals surface area contributed by atoms with Crippen molar-refractivity contribution in [1.82, 2.24) is 0 Å². The van der Waals surface area contributed by atoms with Crippen molar-refractivity contribution in [3.63, 3.8) is 0 Å². The second-order valence-electron chi connectivity index (χ2n) is 17.4. The van der Waals surface area contributed by atoms with Gasteiger partial charge in [0.25, 0.3) is 0 Å². The lowest BCUT2D eigenvalue weighted by Crippen LogP contribution is -2.34. The fraction of sp³-hybridized carbons (Fsp3) is 0.776. The molecule has 0 aliphatic carbocycles. The van der Waals surface area contributed by atoms with E-state index in [1.807, 2.05) is 0 Å². The molecule has 0 aliphatic rings. The van der Waals surface area contributed by atoms with Crippen LogP contribution in [-0.4, -0.2) is 59.9 Å². The Morgan fingerprint density at radius 2 is 1.05 bits per heavy atom. The quantitative estimate of drug-likeness (QED) is 0.0324. The van der Waals surface area contributed by atoms with Gasteiger partial charge in [-0.15, -0.1) is 0 Å². The number of carbonyl (C=O) groups is 3. The lowest BCUT2D eigenvalue weighted by atomic mass is 10.0. The van der Waals surface area contributed by atoms with Gasteiger partial charge < -0.3 is 34.0 Å². The number of aliphatic carboxylic acids is 1. The van der Waals surface area contributed by atoms with Gasteiger partial charge >= 0.3 is 25.7 Å². The van der Waals surface area contributed by atoms with Gasteiger partial charge in [-0.05, 0) is 82.1 Å². The van der Waals surface area contributed by atoms with E-state index in [-0.39, 0.29) is 19.4 Å². The molecule has 0 bridgehead atoms. The Balaban J connectivity index is 1.63. The highest BCUT2D eigenvalue weighted by Crippen LogP contribution is 2.43. The zero-order valence-electron chi connectivity index (χ0n) is 39.7. The number of esters is 2. The maximum Gasteiger partial charge on any atom is 0.472 e. The van der Waals surface area contributed by atoms with E-state index in [0.29, 0.717) is 12.8 Å². The molecular formula is C49H84NO12P. The number of phosphoric ester groups is 1. The number of ether oxygens (including phenoxy) is 2. The first-order valence-electron chi connectivity index (χ1n) is 24.4. The van der Waals surface area contributed by atoms with E-state index in [0.717, 1.165) is 132 Å². The molecule has 0 fully saturated rings. The van der Waals surface area contributed by atoms with Gasteiger partial charge in [0.15, 0.2) is 6.10 Å². The van der Waals surface area contributed by atoms with E-state index in [9.17, 15) is 23.8 Å². The SMILES string of the molecule is CCCCCc1cc(C)c(CCCCCCCCCCC(=O)OC(COC(=O)CCCCCCCCCCc2oc(CCCCC)c(C)c2C)COP(=O)(O)OCC(N)C(=O)O)o1. The van der Waals surface area contributed by atoms with Crippen LogP contribution in [0, 0.1) is 20.8 Å². The predicted molar refractivity (Wildman–Crippen MR) is 247 cm³/mol. The molecule has 13 nitrogen and oxygen atoms in total. The molecule has 2 aromatic rings. The third kappa shape index (κ3) is 25.9. The molecule has 362 valence electrons. The summed E-state index contributed by atoms with van der Waals surface area (Å²) in [7, 11) is -4.74. The molecule has 2 aromatic heterocycles. The number of carbonyl (C=O) groups excluding carboxylic acids is 2. The molecule has 3 atom stereocenters. The van der Waals surface area contributed by atoms with Crippen LogP contribution in [-0.2, 0) is 63.2 Å². The van der Waals surface area contributed by atoms with Crippen LogP contribution in [0.3, 0.4) is 0 Å². The first-order chi connectivity index (χ1) is 30.3.